The van der Waals surface area contributed by atoms with Crippen LogP contribution >= 0.6 is 11.6 Å². The molecule has 0 radical (unpaired) electrons. The molecule has 0 bridgehead atoms. The van der Waals surface area contributed by atoms with E-state index in [0.717, 1.165) is 5.56 Å². The Kier molecular flexibility index (Phi) is 5.68. The second-order valence-corrected chi connectivity index (χ2v) is 6.10. The molecular formula is C20H16ClN3O3. The fourth-order valence-corrected chi connectivity index (χ4v) is 2.51. The van der Waals surface area contributed by atoms with Crippen molar-refractivity contribution in [3.05, 3.63) is 88.8 Å². The van der Waals surface area contributed by atoms with E-state index < -0.39 is 0 Å². The van der Waals surface area contributed by atoms with Gasteiger partial charge in [-0.25, -0.2) is 5.43 Å². The summed E-state index contributed by atoms with van der Waals surface area (Å²) in [5.74, 6) is -0.486. The van der Waals surface area contributed by atoms with Crippen molar-refractivity contribution in [1.29, 1.82) is 0 Å². The van der Waals surface area contributed by atoms with Gasteiger partial charge in [-0.1, -0.05) is 29.8 Å². The van der Waals surface area contributed by atoms with Crippen LogP contribution in [-0.4, -0.2) is 17.5 Å². The van der Waals surface area contributed by atoms with Gasteiger partial charge in [0.05, 0.1) is 12.0 Å². The highest BCUT2D eigenvalue weighted by atomic mass is 35.5. The molecule has 0 atom stereocenters. The SMILES string of the molecule is CC(=NNC(=O)c1cccc(Cl)c1)c1cccc(NC(=O)c2ccco2)c1. The summed E-state index contributed by atoms with van der Waals surface area (Å²) < 4.78 is 5.07. The second-order valence-electron chi connectivity index (χ2n) is 5.66. The largest absolute Gasteiger partial charge is 0.459 e. The molecule has 0 aliphatic heterocycles. The van der Waals surface area contributed by atoms with Gasteiger partial charge in [0.25, 0.3) is 11.8 Å². The van der Waals surface area contributed by atoms with Gasteiger partial charge in [0, 0.05) is 16.3 Å². The molecule has 3 rings (SSSR count). The smallest absolute Gasteiger partial charge is 0.291 e. The van der Waals surface area contributed by atoms with Crippen LogP contribution in [-0.2, 0) is 0 Å². The van der Waals surface area contributed by atoms with Gasteiger partial charge >= 0.3 is 0 Å². The summed E-state index contributed by atoms with van der Waals surface area (Å²) in [5.41, 5.74) is 4.83. The van der Waals surface area contributed by atoms with Crippen LogP contribution in [0.25, 0.3) is 0 Å². The van der Waals surface area contributed by atoms with E-state index in [0.29, 0.717) is 22.0 Å². The maximum atomic E-state index is 12.1. The van der Waals surface area contributed by atoms with Crippen LogP contribution < -0.4 is 10.7 Å². The van der Waals surface area contributed by atoms with Gasteiger partial charge in [-0.05, 0) is 55.0 Å². The first-order valence-electron chi connectivity index (χ1n) is 8.08. The van der Waals surface area contributed by atoms with Crippen molar-refractivity contribution in [1.82, 2.24) is 5.43 Å². The number of hydrogen-bond donors (Lipinski definition) is 2. The van der Waals surface area contributed by atoms with E-state index in [-0.39, 0.29) is 17.6 Å². The van der Waals surface area contributed by atoms with E-state index in [9.17, 15) is 9.59 Å². The standard InChI is InChI=1S/C20H16ClN3O3/c1-13(23-24-19(25)15-6-2-7-16(21)11-15)14-5-3-8-17(12-14)22-20(26)18-9-4-10-27-18/h2-12H,1H3,(H,22,26)(H,24,25). The number of hydrazone groups is 1. The summed E-state index contributed by atoms with van der Waals surface area (Å²) in [7, 11) is 0. The number of carbonyl (C=O) groups excluding carboxylic acids is 2. The van der Waals surface area contributed by atoms with E-state index in [1.807, 2.05) is 6.07 Å². The summed E-state index contributed by atoms with van der Waals surface area (Å²) >= 11 is 5.89. The zero-order chi connectivity index (χ0) is 19.2. The van der Waals surface area contributed by atoms with Crippen molar-refractivity contribution in [2.75, 3.05) is 5.32 Å². The molecular weight excluding hydrogens is 366 g/mol. The lowest BCUT2D eigenvalue weighted by molar-refractivity contribution is 0.0953. The summed E-state index contributed by atoms with van der Waals surface area (Å²) in [6, 6.07) is 16.9. The Balaban J connectivity index is 1.69. The first-order valence-corrected chi connectivity index (χ1v) is 8.46. The van der Waals surface area contributed by atoms with Crippen molar-refractivity contribution in [2.45, 2.75) is 6.92 Å². The van der Waals surface area contributed by atoms with Crippen LogP contribution in [0.1, 0.15) is 33.4 Å². The Bertz CT molecular complexity index is 997. The molecule has 0 saturated heterocycles. The molecule has 27 heavy (non-hydrogen) atoms. The third-order valence-electron chi connectivity index (χ3n) is 3.70. The Morgan fingerprint density at radius 2 is 1.74 bits per heavy atom. The number of carbonyl (C=O) groups is 2. The van der Waals surface area contributed by atoms with Crippen LogP contribution in [0.15, 0.2) is 76.4 Å². The number of rotatable bonds is 5. The van der Waals surface area contributed by atoms with Crippen LogP contribution in [0.4, 0.5) is 5.69 Å². The molecule has 0 aliphatic rings. The lowest BCUT2D eigenvalue weighted by Gasteiger charge is -2.07. The number of amides is 2. The van der Waals surface area contributed by atoms with Crippen LogP contribution in [0.3, 0.4) is 0 Å². The van der Waals surface area contributed by atoms with E-state index in [4.69, 9.17) is 16.0 Å². The van der Waals surface area contributed by atoms with Gasteiger partial charge in [0.2, 0.25) is 0 Å². The van der Waals surface area contributed by atoms with Gasteiger partial charge < -0.3 is 9.73 Å². The topological polar surface area (TPSA) is 83.7 Å². The molecule has 0 aliphatic carbocycles. The van der Waals surface area contributed by atoms with Crippen molar-refractivity contribution >= 4 is 34.8 Å². The third kappa shape index (κ3) is 4.83. The molecule has 2 N–H and O–H groups in total. The lowest BCUT2D eigenvalue weighted by Crippen LogP contribution is -2.19. The van der Waals surface area contributed by atoms with Crippen molar-refractivity contribution in [3.63, 3.8) is 0 Å². The van der Waals surface area contributed by atoms with E-state index in [1.165, 1.54) is 6.26 Å². The summed E-state index contributed by atoms with van der Waals surface area (Å²) in [4.78, 5) is 24.2. The van der Waals surface area contributed by atoms with Crippen molar-refractivity contribution in [2.24, 2.45) is 5.10 Å². The molecule has 2 amide bonds. The average Bonchev–Trinajstić information content (AvgIpc) is 3.21. The fourth-order valence-electron chi connectivity index (χ4n) is 2.32. The normalized spacial score (nSPS) is 11.1. The van der Waals surface area contributed by atoms with Gasteiger partial charge in [0.1, 0.15) is 0 Å². The first-order chi connectivity index (χ1) is 13.0. The van der Waals surface area contributed by atoms with Crippen molar-refractivity contribution in [3.8, 4) is 0 Å². The first kappa shape index (κ1) is 18.4. The number of anilines is 1. The Morgan fingerprint density at radius 1 is 0.963 bits per heavy atom. The van der Waals surface area contributed by atoms with Gasteiger partial charge in [0.15, 0.2) is 5.76 Å². The molecule has 136 valence electrons. The quantitative estimate of drug-likeness (QED) is 0.509. The maximum absolute atomic E-state index is 12.1. The second kappa shape index (κ2) is 8.33. The van der Waals surface area contributed by atoms with Crippen LogP contribution in [0, 0.1) is 0 Å². The third-order valence-corrected chi connectivity index (χ3v) is 3.93. The minimum Gasteiger partial charge on any atom is -0.459 e. The van der Waals surface area contributed by atoms with E-state index in [1.54, 1.807) is 61.5 Å². The molecule has 6 nitrogen and oxygen atoms in total. The Morgan fingerprint density at radius 3 is 2.48 bits per heavy atom. The van der Waals surface area contributed by atoms with E-state index in [2.05, 4.69) is 15.8 Å². The van der Waals surface area contributed by atoms with Crippen molar-refractivity contribution < 1.29 is 14.0 Å². The number of nitrogens with one attached hydrogen (secondary N) is 2. The van der Waals surface area contributed by atoms with E-state index >= 15 is 0 Å². The summed E-state index contributed by atoms with van der Waals surface area (Å²) in [6.07, 6.45) is 1.44. The molecule has 3 aromatic rings. The summed E-state index contributed by atoms with van der Waals surface area (Å²) in [6.45, 7) is 1.76. The highest BCUT2D eigenvalue weighted by Gasteiger charge is 2.10. The minimum absolute atomic E-state index is 0.222. The number of furan rings is 1. The molecule has 0 fully saturated rings. The number of benzene rings is 2. The Labute approximate surface area is 160 Å². The highest BCUT2D eigenvalue weighted by Crippen LogP contribution is 2.14. The Hall–Kier alpha value is -3.38. The zero-order valence-electron chi connectivity index (χ0n) is 14.4. The number of halogens is 1. The molecule has 7 heteroatoms. The molecule has 0 saturated carbocycles. The minimum atomic E-state index is -0.362. The molecule has 0 unspecified atom stereocenters. The molecule has 1 heterocycles. The molecule has 0 spiro atoms. The summed E-state index contributed by atoms with van der Waals surface area (Å²) in [5, 5.41) is 7.34. The van der Waals surface area contributed by atoms with Gasteiger partial charge in [-0.2, -0.15) is 5.10 Å². The lowest BCUT2D eigenvalue weighted by atomic mass is 10.1. The molecule has 2 aromatic carbocycles. The number of nitrogens with zero attached hydrogens (tertiary/aromatic N) is 1. The van der Waals surface area contributed by atoms with Crippen LogP contribution in [0.5, 0.6) is 0 Å². The highest BCUT2D eigenvalue weighted by molar-refractivity contribution is 6.31. The average molecular weight is 382 g/mol. The number of hydrogen-bond acceptors (Lipinski definition) is 4. The fraction of sp³-hybridized carbons (Fsp3) is 0.0500. The van der Waals surface area contributed by atoms with Gasteiger partial charge in [-0.15, -0.1) is 0 Å². The maximum Gasteiger partial charge on any atom is 0.291 e. The molecule has 1 aromatic heterocycles. The van der Waals surface area contributed by atoms with Crippen LogP contribution in [0.2, 0.25) is 5.02 Å². The van der Waals surface area contributed by atoms with Gasteiger partial charge in [-0.3, -0.25) is 9.59 Å². The predicted octanol–water partition coefficient (Wildman–Crippen LogP) is 4.34. The predicted molar refractivity (Wildman–Crippen MR) is 104 cm³/mol. The zero-order valence-corrected chi connectivity index (χ0v) is 15.2. The monoisotopic (exact) mass is 381 g/mol.